The van der Waals surface area contributed by atoms with Crippen molar-refractivity contribution >= 4 is 21.5 Å². The lowest BCUT2D eigenvalue weighted by Crippen LogP contribution is -2.43. The molecular weight excluding hydrogens is 575 g/mol. The summed E-state index contributed by atoms with van der Waals surface area (Å²) in [5.74, 6) is 0.0719. The Labute approximate surface area is 242 Å². The summed E-state index contributed by atoms with van der Waals surface area (Å²) in [5.41, 5.74) is 3.04. The Hall–Kier alpha value is -3.46. The molecule has 14 heteroatoms. The molecule has 1 atom stereocenters. The maximum Gasteiger partial charge on any atom is 0.417 e. The number of hydrogen-bond donors (Lipinski definition) is 1. The number of morpholine rings is 1. The molecule has 4 heterocycles. The van der Waals surface area contributed by atoms with Crippen LogP contribution in [0.4, 0.5) is 13.2 Å². The number of pyridine rings is 2. The molecule has 2 aliphatic rings. The molecule has 0 saturated carbocycles. The van der Waals surface area contributed by atoms with Crippen molar-refractivity contribution in [2.45, 2.75) is 44.8 Å². The molecule has 1 fully saturated rings. The predicted molar refractivity (Wildman–Crippen MR) is 149 cm³/mol. The highest BCUT2D eigenvalue weighted by Crippen LogP contribution is 2.30. The molecule has 0 radical (unpaired) electrons. The van der Waals surface area contributed by atoms with Crippen LogP contribution in [0.3, 0.4) is 0 Å². The fourth-order valence-electron chi connectivity index (χ4n) is 4.92. The number of alkyl halides is 3. The summed E-state index contributed by atoms with van der Waals surface area (Å²) in [6, 6.07) is 6.63. The lowest BCUT2D eigenvalue weighted by molar-refractivity contribution is -0.137. The Bertz CT molecular complexity index is 1510. The third kappa shape index (κ3) is 8.53. The number of carbonyl (C=O) groups is 1. The van der Waals surface area contributed by atoms with Crippen LogP contribution >= 0.6 is 0 Å². The van der Waals surface area contributed by atoms with Crippen LogP contribution in [0.25, 0.3) is 11.4 Å². The third-order valence-electron chi connectivity index (χ3n) is 7.07. The fraction of sp³-hybridized carbons (Fsp3) is 0.429. The number of hydrogen-bond acceptors (Lipinski definition) is 8. The molecule has 5 rings (SSSR count). The van der Waals surface area contributed by atoms with Crippen molar-refractivity contribution in [2.24, 2.45) is 0 Å². The summed E-state index contributed by atoms with van der Waals surface area (Å²) in [6.45, 7) is 5.30. The van der Waals surface area contributed by atoms with Crippen LogP contribution in [0.15, 0.2) is 48.9 Å². The second-order valence-electron chi connectivity index (χ2n) is 10.1. The molecular formula is C28H32F3N5O5S. The highest BCUT2D eigenvalue weighted by molar-refractivity contribution is 7.85. The predicted octanol–water partition coefficient (Wildman–Crippen LogP) is 4.19. The van der Waals surface area contributed by atoms with Crippen molar-refractivity contribution < 1.29 is 35.7 Å². The normalized spacial score (nSPS) is 18.1. The zero-order valence-electron chi connectivity index (χ0n) is 23.2. The standard InChI is InChI=1S/C27H28F3N5O2.CH4O3S/c1-18-23(17-33-35(18)26-9-5-21(16-32-26)27(28,29)30)25(36)14-19-2-8-24(31-15-19)20-3-6-22(7-4-20)34-10-12-37-13-11-34;1-5(2,3)4/h2-3,5,8-9,15-17,22H,4,6-7,10-14H2,1H3;1H3,(H,2,3,4). The second kappa shape index (κ2) is 13.2. The topological polar surface area (TPSA) is 128 Å². The van der Waals surface area contributed by atoms with Gasteiger partial charge in [0.1, 0.15) is 0 Å². The third-order valence-corrected chi connectivity index (χ3v) is 7.07. The first kappa shape index (κ1) is 31.5. The first-order valence-corrected chi connectivity index (χ1v) is 15.1. The average Bonchev–Trinajstić information content (AvgIpc) is 3.34. The Balaban J connectivity index is 0.000000748. The fourth-order valence-corrected chi connectivity index (χ4v) is 4.92. The van der Waals surface area contributed by atoms with E-state index in [1.54, 1.807) is 13.1 Å². The summed E-state index contributed by atoms with van der Waals surface area (Å²) in [7, 11) is -3.67. The van der Waals surface area contributed by atoms with Crippen LogP contribution in [-0.4, -0.2) is 82.0 Å². The van der Waals surface area contributed by atoms with Crippen LogP contribution in [-0.2, 0) is 27.5 Å². The van der Waals surface area contributed by atoms with Gasteiger partial charge in [0, 0.05) is 37.9 Å². The molecule has 10 nitrogen and oxygen atoms in total. The van der Waals surface area contributed by atoms with E-state index in [1.165, 1.54) is 22.5 Å². The van der Waals surface area contributed by atoms with Crippen molar-refractivity contribution in [3.63, 3.8) is 0 Å². The number of carbonyl (C=O) groups excluding carboxylic acids is 1. The van der Waals surface area contributed by atoms with Crippen molar-refractivity contribution in [1.82, 2.24) is 24.6 Å². The van der Waals surface area contributed by atoms with Gasteiger partial charge in [0.15, 0.2) is 11.6 Å². The van der Waals surface area contributed by atoms with E-state index in [1.807, 2.05) is 12.1 Å². The molecule has 0 amide bonds. The van der Waals surface area contributed by atoms with E-state index in [4.69, 9.17) is 9.29 Å². The number of allylic oxidation sites excluding steroid dienone is 1. The van der Waals surface area contributed by atoms with Crippen LogP contribution in [0.2, 0.25) is 0 Å². The van der Waals surface area contributed by atoms with Gasteiger partial charge in [-0.1, -0.05) is 12.1 Å². The van der Waals surface area contributed by atoms with Crippen LogP contribution in [0, 0.1) is 6.92 Å². The number of Topliss-reactive ketones (excluding diaryl/α,β-unsaturated/α-hetero) is 1. The number of nitrogens with zero attached hydrogens (tertiary/aromatic N) is 5. The van der Waals surface area contributed by atoms with Gasteiger partial charge in [0.25, 0.3) is 10.1 Å². The molecule has 226 valence electrons. The van der Waals surface area contributed by atoms with E-state index in [0.29, 0.717) is 23.6 Å². The molecule has 3 aromatic rings. The lowest BCUT2D eigenvalue weighted by atomic mass is 9.91. The lowest BCUT2D eigenvalue weighted by Gasteiger charge is -2.36. The highest BCUT2D eigenvalue weighted by atomic mass is 32.2. The van der Waals surface area contributed by atoms with Gasteiger partial charge in [-0.2, -0.15) is 26.7 Å². The minimum absolute atomic E-state index is 0.143. The molecule has 1 aliphatic heterocycles. The molecule has 1 aliphatic carbocycles. The number of rotatable bonds is 6. The van der Waals surface area contributed by atoms with Gasteiger partial charge in [-0.3, -0.25) is 19.2 Å². The molecule has 1 unspecified atom stereocenters. The van der Waals surface area contributed by atoms with Crippen molar-refractivity contribution in [3.05, 3.63) is 77.0 Å². The van der Waals surface area contributed by atoms with Gasteiger partial charge < -0.3 is 4.74 Å². The van der Waals surface area contributed by atoms with E-state index in [9.17, 15) is 26.4 Å². The molecule has 42 heavy (non-hydrogen) atoms. The van der Waals surface area contributed by atoms with Gasteiger partial charge in [-0.15, -0.1) is 0 Å². The largest absolute Gasteiger partial charge is 0.417 e. The summed E-state index contributed by atoms with van der Waals surface area (Å²) >= 11 is 0. The van der Waals surface area contributed by atoms with Gasteiger partial charge >= 0.3 is 6.18 Å². The minimum atomic E-state index is -4.46. The van der Waals surface area contributed by atoms with E-state index in [0.717, 1.165) is 69.1 Å². The number of ketones is 1. The molecule has 0 aromatic carbocycles. The molecule has 0 spiro atoms. The minimum Gasteiger partial charge on any atom is -0.379 e. The summed E-state index contributed by atoms with van der Waals surface area (Å²) in [4.78, 5) is 24.0. The smallest absolute Gasteiger partial charge is 0.379 e. The maximum atomic E-state index is 13.0. The van der Waals surface area contributed by atoms with Gasteiger partial charge in [-0.05, 0) is 55.5 Å². The second-order valence-corrected chi connectivity index (χ2v) is 11.6. The SMILES string of the molecule is CS(=O)(=O)O.Cc1c(C(=O)Cc2ccc(C3=CCC(N4CCOCC4)CC3)nc2)cnn1-c1ccc(C(F)(F)F)cn1. The zero-order chi connectivity index (χ0) is 30.5. The number of aromatic nitrogens is 4. The van der Waals surface area contributed by atoms with Crippen molar-refractivity contribution in [2.75, 3.05) is 32.6 Å². The average molecular weight is 608 g/mol. The molecule has 1 saturated heterocycles. The van der Waals surface area contributed by atoms with E-state index < -0.39 is 21.9 Å². The zero-order valence-corrected chi connectivity index (χ0v) is 24.0. The van der Waals surface area contributed by atoms with Crippen LogP contribution in [0.5, 0.6) is 0 Å². The number of ether oxygens (including phenoxy) is 1. The Kier molecular flexibility index (Phi) is 9.92. The van der Waals surface area contributed by atoms with E-state index >= 15 is 0 Å². The molecule has 0 bridgehead atoms. The monoisotopic (exact) mass is 607 g/mol. The first-order valence-electron chi connectivity index (χ1n) is 13.3. The van der Waals surface area contributed by atoms with E-state index in [-0.39, 0.29) is 18.0 Å². The van der Waals surface area contributed by atoms with Gasteiger partial charge in [0.05, 0.1) is 48.2 Å². The van der Waals surface area contributed by atoms with Crippen LogP contribution in [0.1, 0.15) is 52.1 Å². The molecule has 3 aromatic heterocycles. The van der Waals surface area contributed by atoms with Crippen molar-refractivity contribution in [1.29, 1.82) is 0 Å². The van der Waals surface area contributed by atoms with Gasteiger partial charge in [-0.25, -0.2) is 9.67 Å². The highest BCUT2D eigenvalue weighted by Gasteiger charge is 2.31. The quantitative estimate of drug-likeness (QED) is 0.324. The summed E-state index contributed by atoms with van der Waals surface area (Å²) in [6.07, 6.45) is 5.69. The Morgan fingerprint density at radius 3 is 2.36 bits per heavy atom. The van der Waals surface area contributed by atoms with Crippen molar-refractivity contribution in [3.8, 4) is 5.82 Å². The first-order chi connectivity index (χ1) is 19.8. The maximum absolute atomic E-state index is 13.0. The van der Waals surface area contributed by atoms with Gasteiger partial charge in [0.2, 0.25) is 0 Å². The Morgan fingerprint density at radius 2 is 1.81 bits per heavy atom. The summed E-state index contributed by atoms with van der Waals surface area (Å²) < 4.78 is 71.1. The van der Waals surface area contributed by atoms with E-state index in [2.05, 4.69) is 26.0 Å². The number of halogens is 3. The summed E-state index contributed by atoms with van der Waals surface area (Å²) in [5, 5.41) is 4.17. The molecule has 1 N–H and O–H groups in total. The Morgan fingerprint density at radius 1 is 1.10 bits per heavy atom. The van der Waals surface area contributed by atoms with Crippen LogP contribution < -0.4 is 0 Å².